The molecule has 0 radical (unpaired) electrons. The molecule has 1 fully saturated rings. The van der Waals surface area contributed by atoms with E-state index in [9.17, 15) is 9.59 Å². The zero-order chi connectivity index (χ0) is 17.6. The molecule has 0 bridgehead atoms. The van der Waals surface area contributed by atoms with E-state index in [4.69, 9.17) is 9.47 Å². The molecule has 5 nitrogen and oxygen atoms in total. The van der Waals surface area contributed by atoms with Gasteiger partial charge in [0.2, 0.25) is 6.10 Å². The Labute approximate surface area is 147 Å². The van der Waals surface area contributed by atoms with Gasteiger partial charge in [-0.3, -0.25) is 9.59 Å². The van der Waals surface area contributed by atoms with Gasteiger partial charge in [-0.15, -0.1) is 0 Å². The minimum Gasteiger partial charge on any atom is -0.476 e. The van der Waals surface area contributed by atoms with Crippen molar-refractivity contribution in [2.75, 3.05) is 26.3 Å². The Morgan fingerprint density at radius 2 is 1.64 bits per heavy atom. The van der Waals surface area contributed by atoms with Crippen molar-refractivity contribution in [1.82, 2.24) is 4.90 Å². The van der Waals surface area contributed by atoms with Gasteiger partial charge in [0, 0.05) is 24.2 Å². The van der Waals surface area contributed by atoms with E-state index in [1.54, 1.807) is 29.2 Å². The monoisotopic (exact) mass is 339 g/mol. The molecular formula is C20H21NO4. The molecule has 1 amide bonds. The van der Waals surface area contributed by atoms with Crippen molar-refractivity contribution in [3.63, 3.8) is 0 Å². The van der Waals surface area contributed by atoms with E-state index < -0.39 is 6.10 Å². The third-order valence-corrected chi connectivity index (χ3v) is 4.16. The van der Waals surface area contributed by atoms with Crippen molar-refractivity contribution in [3.05, 3.63) is 65.7 Å². The normalized spacial score (nSPS) is 15.5. The fraction of sp³-hybridized carbons (Fsp3) is 0.300. The van der Waals surface area contributed by atoms with Crippen LogP contribution in [0.1, 0.15) is 28.9 Å². The largest absolute Gasteiger partial charge is 0.476 e. The molecule has 3 rings (SSSR count). The van der Waals surface area contributed by atoms with E-state index in [0.717, 1.165) is 5.56 Å². The minimum atomic E-state index is -0.720. The Morgan fingerprint density at radius 3 is 2.24 bits per heavy atom. The zero-order valence-corrected chi connectivity index (χ0v) is 14.2. The van der Waals surface area contributed by atoms with Crippen molar-refractivity contribution in [1.29, 1.82) is 0 Å². The highest BCUT2D eigenvalue weighted by Crippen LogP contribution is 2.25. The molecule has 1 saturated heterocycles. The Morgan fingerprint density at radius 1 is 1.00 bits per heavy atom. The summed E-state index contributed by atoms with van der Waals surface area (Å²) in [6.07, 6.45) is -0.720. The summed E-state index contributed by atoms with van der Waals surface area (Å²) >= 11 is 0. The first-order valence-electron chi connectivity index (χ1n) is 8.34. The number of rotatable bonds is 5. The van der Waals surface area contributed by atoms with Crippen molar-refractivity contribution in [2.45, 2.75) is 13.0 Å². The van der Waals surface area contributed by atoms with Crippen LogP contribution >= 0.6 is 0 Å². The van der Waals surface area contributed by atoms with Crippen LogP contribution in [0.4, 0.5) is 0 Å². The third-order valence-electron chi connectivity index (χ3n) is 4.16. The number of hydrogen-bond donors (Lipinski definition) is 0. The number of hydrogen-bond acceptors (Lipinski definition) is 4. The lowest BCUT2D eigenvalue weighted by Gasteiger charge is -2.30. The van der Waals surface area contributed by atoms with Gasteiger partial charge in [-0.1, -0.05) is 30.3 Å². The van der Waals surface area contributed by atoms with Gasteiger partial charge >= 0.3 is 0 Å². The van der Waals surface area contributed by atoms with E-state index in [0.29, 0.717) is 37.6 Å². The van der Waals surface area contributed by atoms with Crippen molar-refractivity contribution >= 4 is 11.7 Å². The number of morpholine rings is 1. The van der Waals surface area contributed by atoms with Crippen LogP contribution in [0.15, 0.2) is 54.6 Å². The van der Waals surface area contributed by atoms with Gasteiger partial charge in [0.1, 0.15) is 5.75 Å². The maximum absolute atomic E-state index is 13.0. The summed E-state index contributed by atoms with van der Waals surface area (Å²) in [5, 5.41) is 0. The Hall–Kier alpha value is -2.66. The highest BCUT2D eigenvalue weighted by atomic mass is 16.5. The van der Waals surface area contributed by atoms with Crippen molar-refractivity contribution in [3.8, 4) is 5.75 Å². The number of benzene rings is 2. The van der Waals surface area contributed by atoms with Gasteiger partial charge in [0.25, 0.3) is 5.91 Å². The molecule has 0 aliphatic carbocycles. The van der Waals surface area contributed by atoms with Crippen molar-refractivity contribution < 1.29 is 19.1 Å². The number of nitrogens with zero attached hydrogens (tertiary/aromatic N) is 1. The Kier molecular flexibility index (Phi) is 5.46. The van der Waals surface area contributed by atoms with Crippen LogP contribution in [-0.4, -0.2) is 42.9 Å². The lowest BCUT2D eigenvalue weighted by molar-refractivity contribution is -0.143. The summed E-state index contributed by atoms with van der Waals surface area (Å²) in [5.41, 5.74) is 1.41. The molecule has 2 aromatic carbocycles. The molecule has 130 valence electrons. The Balaban J connectivity index is 1.83. The van der Waals surface area contributed by atoms with E-state index in [1.807, 2.05) is 30.3 Å². The molecule has 0 saturated carbocycles. The van der Waals surface area contributed by atoms with E-state index in [2.05, 4.69) is 0 Å². The number of ether oxygens (including phenoxy) is 2. The topological polar surface area (TPSA) is 55.8 Å². The summed E-state index contributed by atoms with van der Waals surface area (Å²) in [6, 6.07) is 16.3. The second-order valence-electron chi connectivity index (χ2n) is 5.93. The third kappa shape index (κ3) is 4.25. The first-order valence-corrected chi connectivity index (χ1v) is 8.34. The molecular weight excluding hydrogens is 318 g/mol. The van der Waals surface area contributed by atoms with Crippen molar-refractivity contribution in [2.24, 2.45) is 0 Å². The molecule has 1 aliphatic rings. The second-order valence-corrected chi connectivity index (χ2v) is 5.93. The highest BCUT2D eigenvalue weighted by Gasteiger charge is 2.29. The number of ketones is 1. The summed E-state index contributed by atoms with van der Waals surface area (Å²) in [5.74, 6) is 0.473. The summed E-state index contributed by atoms with van der Waals surface area (Å²) < 4.78 is 11.3. The molecule has 0 aromatic heterocycles. The predicted molar refractivity (Wildman–Crippen MR) is 93.7 cm³/mol. The number of carbonyl (C=O) groups is 2. The van der Waals surface area contributed by atoms with Crippen LogP contribution in [0, 0.1) is 0 Å². The van der Waals surface area contributed by atoms with E-state index >= 15 is 0 Å². The molecule has 5 heteroatoms. The number of amides is 1. The van der Waals surface area contributed by atoms with Gasteiger partial charge in [-0.05, 0) is 31.2 Å². The average Bonchev–Trinajstić information content (AvgIpc) is 2.67. The van der Waals surface area contributed by atoms with E-state index in [1.165, 1.54) is 6.92 Å². The lowest BCUT2D eigenvalue weighted by atomic mass is 10.1. The smallest absolute Gasteiger partial charge is 0.268 e. The fourth-order valence-corrected chi connectivity index (χ4v) is 2.74. The number of Topliss-reactive ketones (excluding diaryl/α,β-unsaturated/α-hetero) is 1. The van der Waals surface area contributed by atoms with Crippen LogP contribution < -0.4 is 4.74 Å². The maximum Gasteiger partial charge on any atom is 0.268 e. The quantitative estimate of drug-likeness (QED) is 0.786. The van der Waals surface area contributed by atoms with Gasteiger partial charge in [0.05, 0.1) is 13.2 Å². The SMILES string of the molecule is CC(=O)c1ccc(O[C@H](C(=O)N2CCOCC2)c2ccccc2)cc1. The highest BCUT2D eigenvalue weighted by molar-refractivity contribution is 5.94. The van der Waals surface area contributed by atoms with Gasteiger partial charge < -0.3 is 14.4 Å². The lowest BCUT2D eigenvalue weighted by Crippen LogP contribution is -2.44. The van der Waals surface area contributed by atoms with Gasteiger partial charge in [0.15, 0.2) is 5.78 Å². The van der Waals surface area contributed by atoms with Crippen LogP contribution in [-0.2, 0) is 9.53 Å². The summed E-state index contributed by atoms with van der Waals surface area (Å²) in [6.45, 7) is 3.73. The minimum absolute atomic E-state index is 0.00412. The second kappa shape index (κ2) is 7.94. The van der Waals surface area contributed by atoms with Crippen LogP contribution in [0.2, 0.25) is 0 Å². The average molecular weight is 339 g/mol. The molecule has 0 N–H and O–H groups in total. The first-order chi connectivity index (χ1) is 12.1. The Bertz CT molecular complexity index is 721. The van der Waals surface area contributed by atoms with Crippen LogP contribution in [0.5, 0.6) is 5.75 Å². The molecule has 1 aliphatic heterocycles. The standard InChI is InChI=1S/C20H21NO4/c1-15(22)16-7-9-18(10-8-16)25-19(17-5-3-2-4-6-17)20(23)21-11-13-24-14-12-21/h2-10,19H,11-14H2,1H3/t19-/m0/s1. The zero-order valence-electron chi connectivity index (χ0n) is 14.2. The maximum atomic E-state index is 13.0. The molecule has 25 heavy (non-hydrogen) atoms. The van der Waals surface area contributed by atoms with Crippen LogP contribution in [0.25, 0.3) is 0 Å². The number of carbonyl (C=O) groups excluding carboxylic acids is 2. The van der Waals surface area contributed by atoms with Gasteiger partial charge in [-0.25, -0.2) is 0 Å². The summed E-state index contributed by atoms with van der Waals surface area (Å²) in [4.78, 5) is 26.1. The van der Waals surface area contributed by atoms with Gasteiger partial charge in [-0.2, -0.15) is 0 Å². The first kappa shape index (κ1) is 17.2. The molecule has 0 spiro atoms. The fourth-order valence-electron chi connectivity index (χ4n) is 2.74. The predicted octanol–water partition coefficient (Wildman–Crippen LogP) is 2.87. The molecule has 1 atom stereocenters. The van der Waals surface area contributed by atoms with E-state index in [-0.39, 0.29) is 11.7 Å². The molecule has 0 unspecified atom stereocenters. The molecule has 1 heterocycles. The van der Waals surface area contributed by atoms with Crippen LogP contribution in [0.3, 0.4) is 0 Å². The molecule has 2 aromatic rings. The summed E-state index contributed by atoms with van der Waals surface area (Å²) in [7, 11) is 0.